The van der Waals surface area contributed by atoms with Crippen LogP contribution in [0.1, 0.15) is 24.0 Å². The Kier molecular flexibility index (Phi) is 5.55. The summed E-state index contributed by atoms with van der Waals surface area (Å²) in [5, 5.41) is 10.7. The number of aliphatic carboxylic acids is 1. The van der Waals surface area contributed by atoms with Gasteiger partial charge in [0.2, 0.25) is 6.04 Å². The molecule has 4 rings (SSSR count). The third-order valence-electron chi connectivity index (χ3n) is 6.09. The number of halogens is 3. The predicted molar refractivity (Wildman–Crippen MR) is 110 cm³/mol. The van der Waals surface area contributed by atoms with Gasteiger partial charge in [-0.05, 0) is 29.2 Å². The summed E-state index contributed by atoms with van der Waals surface area (Å²) in [7, 11) is 0. The monoisotopic (exact) mass is 462 g/mol. The molecule has 0 aromatic heterocycles. The molecule has 2 amide bonds. The van der Waals surface area contributed by atoms with Crippen LogP contribution in [0.5, 0.6) is 0 Å². The zero-order valence-corrected chi connectivity index (χ0v) is 17.6. The van der Waals surface area contributed by atoms with Crippen LogP contribution in [0.15, 0.2) is 48.5 Å². The molecule has 33 heavy (non-hydrogen) atoms. The number of nitrogens with one attached hydrogen (secondary N) is 1. The van der Waals surface area contributed by atoms with Gasteiger partial charge in [-0.25, -0.2) is 4.79 Å². The van der Waals surface area contributed by atoms with Crippen molar-refractivity contribution in [1.82, 2.24) is 10.2 Å². The molecule has 1 aliphatic heterocycles. The minimum atomic E-state index is -5.07. The molecule has 7 nitrogen and oxygen atoms in total. The van der Waals surface area contributed by atoms with E-state index in [-0.39, 0.29) is 25.6 Å². The topological polar surface area (TPSA) is 95.9 Å². The smallest absolute Gasteiger partial charge is 0.417 e. The summed E-state index contributed by atoms with van der Waals surface area (Å²) in [5.41, 5.74) is 2.40. The summed E-state index contributed by atoms with van der Waals surface area (Å²) >= 11 is 0. The van der Waals surface area contributed by atoms with E-state index in [2.05, 4.69) is 0 Å². The third-order valence-corrected chi connectivity index (χ3v) is 6.09. The number of amides is 2. The fourth-order valence-corrected chi connectivity index (χ4v) is 4.31. The van der Waals surface area contributed by atoms with Gasteiger partial charge in [0, 0.05) is 19.0 Å². The van der Waals surface area contributed by atoms with Gasteiger partial charge in [-0.15, -0.1) is 0 Å². The van der Waals surface area contributed by atoms with Crippen molar-refractivity contribution in [2.45, 2.75) is 25.1 Å². The first kappa shape index (κ1) is 22.6. The number of carboxylic acid groups (broad SMARTS) is 1. The van der Waals surface area contributed by atoms with Crippen molar-refractivity contribution in [3.05, 3.63) is 59.7 Å². The molecule has 1 unspecified atom stereocenters. The molecule has 2 aromatic carbocycles. The van der Waals surface area contributed by atoms with Gasteiger partial charge in [0.15, 0.2) is 0 Å². The summed E-state index contributed by atoms with van der Waals surface area (Å²) in [6.45, 7) is 0.375. The number of rotatable bonds is 5. The van der Waals surface area contributed by atoms with E-state index in [1.54, 1.807) is 5.32 Å². The lowest BCUT2D eigenvalue weighted by Crippen LogP contribution is -2.66. The molecular weight excluding hydrogens is 441 g/mol. The minimum Gasteiger partial charge on any atom is -0.481 e. The Morgan fingerprint density at radius 3 is 2.09 bits per heavy atom. The second kappa shape index (κ2) is 8.09. The average molecular weight is 462 g/mol. The van der Waals surface area contributed by atoms with Crippen molar-refractivity contribution in [1.29, 1.82) is 0 Å². The number of hydrogen-bond donors (Lipinski definition) is 2. The highest BCUT2D eigenvalue weighted by atomic mass is 19.4. The van der Waals surface area contributed by atoms with Gasteiger partial charge in [0.1, 0.15) is 12.0 Å². The average Bonchev–Trinajstić information content (AvgIpc) is 3.06. The molecule has 10 heteroatoms. The Labute approximate surface area is 187 Å². The van der Waals surface area contributed by atoms with Crippen LogP contribution in [0.2, 0.25) is 0 Å². The maximum atomic E-state index is 13.5. The van der Waals surface area contributed by atoms with Crippen LogP contribution in [0.4, 0.5) is 18.0 Å². The van der Waals surface area contributed by atoms with Gasteiger partial charge >= 0.3 is 18.2 Å². The Morgan fingerprint density at radius 2 is 1.61 bits per heavy atom. The first-order chi connectivity index (χ1) is 15.5. The molecule has 0 saturated carbocycles. The summed E-state index contributed by atoms with van der Waals surface area (Å²) in [4.78, 5) is 36.5. The molecule has 2 aliphatic rings. The molecule has 1 atom stereocenters. The van der Waals surface area contributed by atoms with E-state index >= 15 is 0 Å². The van der Waals surface area contributed by atoms with Gasteiger partial charge in [0.25, 0.3) is 5.91 Å². The minimum absolute atomic E-state index is 0.209. The van der Waals surface area contributed by atoms with Crippen molar-refractivity contribution in [3.8, 4) is 11.1 Å². The molecule has 0 radical (unpaired) electrons. The lowest BCUT2D eigenvalue weighted by atomic mass is 9.81. The molecule has 2 N–H and O–H groups in total. The molecule has 174 valence electrons. The summed E-state index contributed by atoms with van der Waals surface area (Å²) in [6.07, 6.45) is -6.45. The fourth-order valence-electron chi connectivity index (χ4n) is 4.31. The van der Waals surface area contributed by atoms with Crippen LogP contribution >= 0.6 is 0 Å². The maximum absolute atomic E-state index is 13.5. The number of carbonyl (C=O) groups excluding carboxylic acids is 2. The number of alkyl halides is 3. The van der Waals surface area contributed by atoms with Gasteiger partial charge < -0.3 is 20.1 Å². The number of carbonyl (C=O) groups is 3. The zero-order chi connectivity index (χ0) is 24.0. The lowest BCUT2D eigenvalue weighted by molar-refractivity contribution is -0.184. The van der Waals surface area contributed by atoms with Gasteiger partial charge in [0.05, 0.1) is 0 Å². The number of hydrogen-bond acceptors (Lipinski definition) is 4. The molecule has 1 saturated heterocycles. The standard InChI is InChI=1S/C23H21F3N2O5/c1-22(20(30)31)11-28(12-22)19(29)18(23(24,25)26)27-21(32)33-10-17-15-8-4-2-6-13(15)14-7-3-5-9-16(14)17/h2-9,17-18H,10-12H2,1H3,(H,27,32)(H,30,31). The van der Waals surface area contributed by atoms with E-state index in [9.17, 15) is 27.6 Å². The summed E-state index contributed by atoms with van der Waals surface area (Å²) in [5.74, 6) is -2.98. The summed E-state index contributed by atoms with van der Waals surface area (Å²) < 4.78 is 45.6. The van der Waals surface area contributed by atoms with E-state index in [0.717, 1.165) is 27.2 Å². The predicted octanol–water partition coefficient (Wildman–Crippen LogP) is 3.39. The second-order valence-corrected chi connectivity index (χ2v) is 8.50. The SMILES string of the molecule is CC1(C(=O)O)CN(C(=O)C(NC(=O)OCC2c3ccccc3-c3ccccc32)C(F)(F)F)C1. The molecule has 2 aromatic rings. The van der Waals surface area contributed by atoms with E-state index in [1.165, 1.54) is 6.92 Å². The fraction of sp³-hybridized carbons (Fsp3) is 0.348. The largest absolute Gasteiger partial charge is 0.481 e. The highest BCUT2D eigenvalue weighted by Crippen LogP contribution is 2.44. The number of benzene rings is 2. The van der Waals surface area contributed by atoms with Gasteiger partial charge in [-0.3, -0.25) is 9.59 Å². The van der Waals surface area contributed by atoms with Crippen molar-refractivity contribution in [3.63, 3.8) is 0 Å². The quantitative estimate of drug-likeness (QED) is 0.710. The Hall–Kier alpha value is -3.56. The molecule has 1 fully saturated rings. The normalized spacial score (nSPS) is 17.4. The van der Waals surface area contributed by atoms with Crippen LogP contribution in [0.25, 0.3) is 11.1 Å². The van der Waals surface area contributed by atoms with Crippen LogP contribution < -0.4 is 5.32 Å². The molecule has 0 bridgehead atoms. The van der Waals surface area contributed by atoms with Crippen molar-refractivity contribution in [2.24, 2.45) is 5.41 Å². The highest BCUT2D eigenvalue weighted by molar-refractivity contribution is 5.89. The highest BCUT2D eigenvalue weighted by Gasteiger charge is 2.54. The number of likely N-dealkylation sites (tertiary alicyclic amines) is 1. The first-order valence-corrected chi connectivity index (χ1v) is 10.2. The van der Waals surface area contributed by atoms with E-state index in [4.69, 9.17) is 9.84 Å². The van der Waals surface area contributed by atoms with Gasteiger partial charge in [-0.2, -0.15) is 13.2 Å². The zero-order valence-electron chi connectivity index (χ0n) is 17.6. The molecule has 1 aliphatic carbocycles. The number of nitrogens with zero attached hydrogens (tertiary/aromatic N) is 1. The van der Waals surface area contributed by atoms with Crippen molar-refractivity contribution >= 4 is 18.0 Å². The number of carboxylic acids is 1. The Bertz CT molecular complexity index is 1070. The maximum Gasteiger partial charge on any atom is 0.417 e. The number of alkyl carbamates (subject to hydrolysis) is 1. The molecular formula is C23H21F3N2O5. The molecule has 0 spiro atoms. The summed E-state index contributed by atoms with van der Waals surface area (Å²) in [6, 6.07) is 12.1. The number of ether oxygens (including phenoxy) is 1. The first-order valence-electron chi connectivity index (χ1n) is 10.2. The van der Waals surface area contributed by atoms with E-state index < -0.39 is 35.6 Å². The van der Waals surface area contributed by atoms with Gasteiger partial charge in [-0.1, -0.05) is 48.5 Å². The van der Waals surface area contributed by atoms with Crippen LogP contribution in [0, 0.1) is 5.41 Å². The van der Waals surface area contributed by atoms with Crippen LogP contribution in [0.3, 0.4) is 0 Å². The van der Waals surface area contributed by atoms with E-state index in [0.29, 0.717) is 0 Å². The Morgan fingerprint density at radius 1 is 1.09 bits per heavy atom. The van der Waals surface area contributed by atoms with Crippen LogP contribution in [-0.2, 0) is 14.3 Å². The molecule has 1 heterocycles. The van der Waals surface area contributed by atoms with Crippen molar-refractivity contribution < 1.29 is 37.4 Å². The second-order valence-electron chi connectivity index (χ2n) is 8.50. The van der Waals surface area contributed by atoms with Crippen LogP contribution in [-0.4, -0.2) is 59.9 Å². The lowest BCUT2D eigenvalue weighted by Gasteiger charge is -2.46. The van der Waals surface area contributed by atoms with E-state index in [1.807, 2.05) is 48.5 Å². The Balaban J connectivity index is 1.43. The van der Waals surface area contributed by atoms with Crippen molar-refractivity contribution in [2.75, 3.05) is 19.7 Å². The third kappa shape index (κ3) is 4.12. The number of fused-ring (bicyclic) bond motifs is 3.